The molecule has 0 spiro atoms. The maximum Gasteiger partial charge on any atom is 0.255 e. The summed E-state index contributed by atoms with van der Waals surface area (Å²) in [6.45, 7) is 5.78. The van der Waals surface area contributed by atoms with Crippen molar-refractivity contribution in [1.29, 1.82) is 0 Å². The molecule has 3 heteroatoms. The smallest absolute Gasteiger partial charge is 0.255 e. The minimum Gasteiger partial charge on any atom is -0.321 e. The average molecular weight is 285 g/mol. The van der Waals surface area contributed by atoms with Crippen molar-refractivity contribution in [3.05, 3.63) is 64.5 Å². The number of anilines is 1. The maximum absolute atomic E-state index is 13.3. The molecular weight excluding hydrogens is 265 g/mol. The third-order valence-corrected chi connectivity index (χ3v) is 3.66. The number of hydrogen-bond donors (Lipinski definition) is 1. The molecule has 0 radical (unpaired) electrons. The number of benzene rings is 2. The molecule has 1 N–H and O–H groups in total. The minimum absolute atomic E-state index is 0.200. The first-order chi connectivity index (χ1) is 10.1. The Morgan fingerprint density at radius 3 is 2.24 bits per heavy atom. The van der Waals surface area contributed by atoms with E-state index in [2.05, 4.69) is 19.2 Å². The molecule has 2 aromatic carbocycles. The summed E-state index contributed by atoms with van der Waals surface area (Å²) in [6, 6.07) is 10.5. The Bertz CT molecular complexity index is 642. The number of rotatable bonds is 4. The van der Waals surface area contributed by atoms with Gasteiger partial charge in [0.2, 0.25) is 0 Å². The van der Waals surface area contributed by atoms with Gasteiger partial charge in [-0.2, -0.15) is 0 Å². The van der Waals surface area contributed by atoms with Crippen molar-refractivity contribution in [2.45, 2.75) is 33.6 Å². The third-order valence-electron chi connectivity index (χ3n) is 3.66. The molecular formula is C18H20FNO. The highest BCUT2D eigenvalue weighted by Crippen LogP contribution is 2.23. The topological polar surface area (TPSA) is 29.1 Å². The lowest BCUT2D eigenvalue weighted by atomic mass is 10.0. The number of carbonyl (C=O) groups is 1. The lowest BCUT2D eigenvalue weighted by molar-refractivity contribution is 0.102. The van der Waals surface area contributed by atoms with Crippen LogP contribution in [0.15, 0.2) is 36.4 Å². The van der Waals surface area contributed by atoms with Gasteiger partial charge in [-0.15, -0.1) is 0 Å². The van der Waals surface area contributed by atoms with Gasteiger partial charge in [-0.3, -0.25) is 4.79 Å². The van der Waals surface area contributed by atoms with Gasteiger partial charge in [0.1, 0.15) is 5.82 Å². The van der Waals surface area contributed by atoms with E-state index in [4.69, 9.17) is 0 Å². The molecule has 0 heterocycles. The lowest BCUT2D eigenvalue weighted by Gasteiger charge is -2.14. The van der Waals surface area contributed by atoms with Crippen LogP contribution in [0.2, 0.25) is 0 Å². The number of hydrogen-bond acceptors (Lipinski definition) is 1. The number of amides is 1. The molecule has 1 amide bonds. The summed E-state index contributed by atoms with van der Waals surface area (Å²) >= 11 is 0. The monoisotopic (exact) mass is 285 g/mol. The van der Waals surface area contributed by atoms with Crippen molar-refractivity contribution in [2.75, 3.05) is 5.32 Å². The van der Waals surface area contributed by atoms with E-state index in [0.717, 1.165) is 29.7 Å². The van der Waals surface area contributed by atoms with E-state index in [0.29, 0.717) is 11.1 Å². The molecule has 0 aliphatic rings. The second-order valence-electron chi connectivity index (χ2n) is 5.08. The van der Waals surface area contributed by atoms with E-state index in [9.17, 15) is 9.18 Å². The average Bonchev–Trinajstić information content (AvgIpc) is 2.50. The quantitative estimate of drug-likeness (QED) is 0.879. The van der Waals surface area contributed by atoms with Gasteiger partial charge in [0.05, 0.1) is 0 Å². The summed E-state index contributed by atoms with van der Waals surface area (Å²) in [5.41, 5.74) is 4.06. The van der Waals surface area contributed by atoms with Gasteiger partial charge >= 0.3 is 0 Å². The Hall–Kier alpha value is -2.16. The fourth-order valence-electron chi connectivity index (χ4n) is 2.37. The second-order valence-corrected chi connectivity index (χ2v) is 5.08. The van der Waals surface area contributed by atoms with Crippen LogP contribution in [-0.2, 0) is 12.8 Å². The van der Waals surface area contributed by atoms with Crippen LogP contribution in [0.5, 0.6) is 0 Å². The highest BCUT2D eigenvalue weighted by atomic mass is 19.1. The van der Waals surface area contributed by atoms with Crippen molar-refractivity contribution >= 4 is 11.6 Å². The minimum atomic E-state index is -0.297. The van der Waals surface area contributed by atoms with Crippen LogP contribution in [-0.4, -0.2) is 5.91 Å². The van der Waals surface area contributed by atoms with Crippen LogP contribution in [0.4, 0.5) is 10.1 Å². The van der Waals surface area contributed by atoms with Crippen LogP contribution in [0.25, 0.3) is 0 Å². The molecule has 0 saturated carbocycles. The summed E-state index contributed by atoms with van der Waals surface area (Å²) in [5.74, 6) is -0.497. The molecule has 0 aliphatic heterocycles. The number of nitrogens with one attached hydrogen (secondary N) is 1. The Morgan fingerprint density at radius 2 is 1.71 bits per heavy atom. The first-order valence-corrected chi connectivity index (χ1v) is 7.25. The maximum atomic E-state index is 13.3. The van der Waals surface area contributed by atoms with E-state index in [1.165, 1.54) is 12.1 Å². The van der Waals surface area contributed by atoms with Crippen LogP contribution in [0.1, 0.15) is 40.9 Å². The molecule has 0 saturated heterocycles. The third kappa shape index (κ3) is 3.30. The SMILES string of the molecule is CCc1cccc(CC)c1NC(=O)c1ccc(F)c(C)c1. The molecule has 2 rings (SSSR count). The van der Waals surface area contributed by atoms with Crippen LogP contribution < -0.4 is 5.32 Å². The van der Waals surface area contributed by atoms with Gasteiger partial charge in [0.25, 0.3) is 5.91 Å². The van der Waals surface area contributed by atoms with Gasteiger partial charge < -0.3 is 5.32 Å². The summed E-state index contributed by atoms with van der Waals surface area (Å²) in [6.07, 6.45) is 1.71. The van der Waals surface area contributed by atoms with Crippen LogP contribution >= 0.6 is 0 Å². The molecule has 0 bridgehead atoms. The number of aryl methyl sites for hydroxylation is 3. The van der Waals surface area contributed by atoms with Crippen molar-refractivity contribution < 1.29 is 9.18 Å². The molecule has 0 fully saturated rings. The molecule has 0 aliphatic carbocycles. The Balaban J connectivity index is 2.33. The zero-order chi connectivity index (χ0) is 15.4. The van der Waals surface area contributed by atoms with Crippen LogP contribution in [0, 0.1) is 12.7 Å². The molecule has 21 heavy (non-hydrogen) atoms. The molecule has 2 aromatic rings. The summed E-state index contributed by atoms with van der Waals surface area (Å²) in [5, 5.41) is 2.98. The van der Waals surface area contributed by atoms with Gasteiger partial charge in [0.15, 0.2) is 0 Å². The lowest BCUT2D eigenvalue weighted by Crippen LogP contribution is -2.15. The van der Waals surface area contributed by atoms with Gasteiger partial charge in [-0.1, -0.05) is 32.0 Å². The van der Waals surface area contributed by atoms with Crippen LogP contribution in [0.3, 0.4) is 0 Å². The van der Waals surface area contributed by atoms with E-state index in [1.54, 1.807) is 13.0 Å². The second kappa shape index (κ2) is 6.53. The molecule has 110 valence electrons. The largest absolute Gasteiger partial charge is 0.321 e. The van der Waals surface area contributed by atoms with Gasteiger partial charge in [0, 0.05) is 11.3 Å². The Labute approximate surface area is 125 Å². The standard InChI is InChI=1S/C18H20FNO/c1-4-13-7-6-8-14(5-2)17(13)20-18(21)15-9-10-16(19)12(3)11-15/h6-11H,4-5H2,1-3H3,(H,20,21). The molecule has 0 unspecified atom stereocenters. The highest BCUT2D eigenvalue weighted by Gasteiger charge is 2.12. The van der Waals surface area contributed by atoms with E-state index < -0.39 is 0 Å². The summed E-state index contributed by atoms with van der Waals surface area (Å²) in [7, 11) is 0. The fourth-order valence-corrected chi connectivity index (χ4v) is 2.37. The molecule has 2 nitrogen and oxygen atoms in total. The zero-order valence-electron chi connectivity index (χ0n) is 12.7. The number of carbonyl (C=O) groups excluding carboxylic acids is 1. The number of halogens is 1. The summed E-state index contributed by atoms with van der Waals surface area (Å²) < 4.78 is 13.3. The van der Waals surface area contributed by atoms with Crippen molar-refractivity contribution in [3.8, 4) is 0 Å². The highest BCUT2D eigenvalue weighted by molar-refractivity contribution is 6.05. The molecule has 0 aromatic heterocycles. The molecule has 0 atom stereocenters. The Kier molecular flexibility index (Phi) is 4.73. The van der Waals surface area contributed by atoms with Gasteiger partial charge in [-0.05, 0) is 54.7 Å². The first kappa shape index (κ1) is 15.2. The van der Waals surface area contributed by atoms with Crippen molar-refractivity contribution in [2.24, 2.45) is 0 Å². The van der Waals surface area contributed by atoms with E-state index in [-0.39, 0.29) is 11.7 Å². The normalized spacial score (nSPS) is 10.5. The predicted octanol–water partition coefficient (Wildman–Crippen LogP) is 4.51. The fraction of sp³-hybridized carbons (Fsp3) is 0.278. The summed E-state index contributed by atoms with van der Waals surface area (Å²) in [4.78, 5) is 12.4. The zero-order valence-corrected chi connectivity index (χ0v) is 12.7. The van der Waals surface area contributed by atoms with Gasteiger partial charge in [-0.25, -0.2) is 4.39 Å². The predicted molar refractivity (Wildman–Crippen MR) is 84.3 cm³/mol. The first-order valence-electron chi connectivity index (χ1n) is 7.25. The van der Waals surface area contributed by atoms with Crippen molar-refractivity contribution in [1.82, 2.24) is 0 Å². The van der Waals surface area contributed by atoms with Crippen molar-refractivity contribution in [3.63, 3.8) is 0 Å². The van der Waals surface area contributed by atoms with E-state index >= 15 is 0 Å². The Morgan fingerprint density at radius 1 is 1.10 bits per heavy atom. The van der Waals surface area contributed by atoms with E-state index in [1.807, 2.05) is 18.2 Å². The number of para-hydroxylation sites is 1.